The topological polar surface area (TPSA) is 75.3 Å². The van der Waals surface area contributed by atoms with Gasteiger partial charge in [-0.05, 0) is 25.7 Å². The molecule has 5 heteroatoms. The molecule has 0 aromatic heterocycles. The average molecular weight is 312 g/mol. The first kappa shape index (κ1) is 20.6. The second-order valence-corrected chi connectivity index (χ2v) is 6.56. The second-order valence-electron chi connectivity index (χ2n) is 6.56. The van der Waals surface area contributed by atoms with Crippen molar-refractivity contribution in [1.29, 1.82) is 0 Å². The minimum absolute atomic E-state index is 0.0295. The average Bonchev–Trinajstić information content (AvgIpc) is 2.44. The van der Waals surface area contributed by atoms with E-state index in [-0.39, 0.29) is 36.1 Å². The van der Waals surface area contributed by atoms with Gasteiger partial charge in [-0.3, -0.25) is 14.4 Å². The van der Waals surface area contributed by atoms with Crippen LogP contribution in [0.3, 0.4) is 0 Å². The molecule has 0 fully saturated rings. The Balaban J connectivity index is 3.66. The molecule has 1 atom stereocenters. The number of carbonyl (C=O) groups is 3. The number of nitrogens with one attached hydrogen (secondary N) is 2. The lowest BCUT2D eigenvalue weighted by atomic mass is 10.0. The summed E-state index contributed by atoms with van der Waals surface area (Å²) in [6.07, 6.45) is 3.44. The molecule has 0 radical (unpaired) electrons. The van der Waals surface area contributed by atoms with Gasteiger partial charge in [0.15, 0.2) is 0 Å². The summed E-state index contributed by atoms with van der Waals surface area (Å²) in [6, 6.07) is 0.0999. The van der Waals surface area contributed by atoms with Gasteiger partial charge in [0.05, 0.1) is 6.54 Å². The molecule has 1 unspecified atom stereocenters. The molecule has 0 aromatic rings. The molecule has 0 aliphatic carbocycles. The van der Waals surface area contributed by atoms with Crippen LogP contribution >= 0.6 is 0 Å². The summed E-state index contributed by atoms with van der Waals surface area (Å²) in [4.78, 5) is 34.7. The van der Waals surface area contributed by atoms with Crippen LogP contribution in [0.4, 0.5) is 0 Å². The number of hydrogen-bond acceptors (Lipinski definition) is 3. The van der Waals surface area contributed by atoms with Crippen molar-refractivity contribution in [2.45, 2.75) is 72.8 Å². The molecule has 0 heterocycles. The second kappa shape index (κ2) is 11.2. The van der Waals surface area contributed by atoms with Gasteiger partial charge in [-0.25, -0.2) is 0 Å². The number of Topliss-reactive ketones (excluding diaryl/α,β-unsaturated/α-hetero) is 1. The van der Waals surface area contributed by atoms with E-state index in [9.17, 15) is 14.4 Å². The van der Waals surface area contributed by atoms with Crippen LogP contribution < -0.4 is 10.6 Å². The summed E-state index contributed by atoms with van der Waals surface area (Å²) in [5, 5.41) is 5.47. The van der Waals surface area contributed by atoms with Crippen LogP contribution in [0.5, 0.6) is 0 Å². The van der Waals surface area contributed by atoms with Crippen molar-refractivity contribution < 1.29 is 14.4 Å². The summed E-state index contributed by atoms with van der Waals surface area (Å²) < 4.78 is 0. The normalized spacial score (nSPS) is 12.3. The predicted octanol–water partition coefficient (Wildman–Crippen LogP) is 2.44. The Morgan fingerprint density at radius 3 is 1.95 bits per heavy atom. The number of ketones is 1. The SMILES string of the molecule is CC(C)C(=O)CCCCCC(=O)NCC(=O)NC(C)C(C)C. The standard InChI is InChI=1S/C17H32N2O3/c1-12(2)14(5)19-17(22)11-18-16(21)10-8-6-7-9-15(20)13(3)4/h12-14H,6-11H2,1-5H3,(H,18,21)(H,19,22). The third-order valence-corrected chi connectivity index (χ3v) is 3.81. The molecular formula is C17H32N2O3. The molecule has 128 valence electrons. The molecule has 22 heavy (non-hydrogen) atoms. The first-order valence-electron chi connectivity index (χ1n) is 8.32. The molecule has 0 spiro atoms. The van der Waals surface area contributed by atoms with E-state index in [1.165, 1.54) is 0 Å². The minimum atomic E-state index is -0.155. The van der Waals surface area contributed by atoms with E-state index in [4.69, 9.17) is 0 Å². The fourth-order valence-corrected chi connectivity index (χ4v) is 1.79. The zero-order valence-electron chi connectivity index (χ0n) is 14.7. The molecule has 0 saturated carbocycles. The summed E-state index contributed by atoms with van der Waals surface area (Å²) in [5.74, 6) is 0.475. The Hall–Kier alpha value is -1.39. The maximum Gasteiger partial charge on any atom is 0.239 e. The Labute approximate surface area is 134 Å². The highest BCUT2D eigenvalue weighted by atomic mass is 16.2. The van der Waals surface area contributed by atoms with Crippen LogP contribution in [-0.2, 0) is 14.4 Å². The fraction of sp³-hybridized carbons (Fsp3) is 0.824. The van der Waals surface area contributed by atoms with Crippen LogP contribution in [-0.4, -0.2) is 30.2 Å². The van der Waals surface area contributed by atoms with Gasteiger partial charge in [-0.2, -0.15) is 0 Å². The van der Waals surface area contributed by atoms with Gasteiger partial charge in [-0.15, -0.1) is 0 Å². The Kier molecular flexibility index (Phi) is 10.5. The van der Waals surface area contributed by atoms with Crippen molar-refractivity contribution in [3.63, 3.8) is 0 Å². The van der Waals surface area contributed by atoms with Crippen LogP contribution in [0.1, 0.15) is 66.7 Å². The lowest BCUT2D eigenvalue weighted by Gasteiger charge is -2.17. The van der Waals surface area contributed by atoms with Crippen molar-refractivity contribution in [3.8, 4) is 0 Å². The largest absolute Gasteiger partial charge is 0.352 e. The van der Waals surface area contributed by atoms with E-state index in [1.807, 2.05) is 34.6 Å². The summed E-state index contributed by atoms with van der Waals surface area (Å²) in [6.45, 7) is 9.85. The van der Waals surface area contributed by atoms with Crippen molar-refractivity contribution in [3.05, 3.63) is 0 Å². The smallest absolute Gasteiger partial charge is 0.239 e. The number of hydrogen-bond donors (Lipinski definition) is 2. The van der Waals surface area contributed by atoms with Crippen LogP contribution in [0.15, 0.2) is 0 Å². The first-order chi connectivity index (χ1) is 10.2. The molecule has 0 bridgehead atoms. The van der Waals surface area contributed by atoms with Gasteiger partial charge < -0.3 is 10.6 Å². The lowest BCUT2D eigenvalue weighted by Crippen LogP contribution is -2.42. The Bertz CT molecular complexity index is 365. The summed E-state index contributed by atoms with van der Waals surface area (Å²) >= 11 is 0. The van der Waals surface area contributed by atoms with E-state index < -0.39 is 0 Å². The number of rotatable bonds is 11. The van der Waals surface area contributed by atoms with Crippen LogP contribution in [0.25, 0.3) is 0 Å². The van der Waals surface area contributed by atoms with E-state index in [2.05, 4.69) is 10.6 Å². The number of amides is 2. The Morgan fingerprint density at radius 1 is 0.818 bits per heavy atom. The maximum atomic E-state index is 11.6. The van der Waals surface area contributed by atoms with E-state index in [1.54, 1.807) is 0 Å². The van der Waals surface area contributed by atoms with Crippen molar-refractivity contribution in [1.82, 2.24) is 10.6 Å². The molecule has 0 aliphatic heterocycles. The van der Waals surface area contributed by atoms with Crippen LogP contribution in [0, 0.1) is 11.8 Å². The van der Waals surface area contributed by atoms with E-state index in [0.717, 1.165) is 19.3 Å². The minimum Gasteiger partial charge on any atom is -0.352 e. The van der Waals surface area contributed by atoms with Gasteiger partial charge in [0.25, 0.3) is 0 Å². The number of carbonyl (C=O) groups excluding carboxylic acids is 3. The lowest BCUT2D eigenvalue weighted by molar-refractivity contribution is -0.126. The summed E-state index contributed by atoms with van der Waals surface area (Å²) in [7, 11) is 0. The highest BCUT2D eigenvalue weighted by molar-refractivity contribution is 5.84. The van der Waals surface area contributed by atoms with Crippen molar-refractivity contribution in [2.24, 2.45) is 11.8 Å². The zero-order chi connectivity index (χ0) is 17.1. The predicted molar refractivity (Wildman–Crippen MR) is 88.4 cm³/mol. The monoisotopic (exact) mass is 312 g/mol. The highest BCUT2D eigenvalue weighted by Gasteiger charge is 2.11. The Morgan fingerprint density at radius 2 is 1.41 bits per heavy atom. The molecule has 5 nitrogen and oxygen atoms in total. The quantitative estimate of drug-likeness (QED) is 0.575. The molecular weight excluding hydrogens is 280 g/mol. The van der Waals surface area contributed by atoms with Gasteiger partial charge >= 0.3 is 0 Å². The van der Waals surface area contributed by atoms with Gasteiger partial charge in [0.1, 0.15) is 5.78 Å². The third-order valence-electron chi connectivity index (χ3n) is 3.81. The molecule has 0 saturated heterocycles. The number of unbranched alkanes of at least 4 members (excludes halogenated alkanes) is 2. The zero-order valence-corrected chi connectivity index (χ0v) is 14.7. The van der Waals surface area contributed by atoms with Gasteiger partial charge in [-0.1, -0.05) is 34.1 Å². The first-order valence-corrected chi connectivity index (χ1v) is 8.32. The highest BCUT2D eigenvalue weighted by Crippen LogP contribution is 2.07. The molecule has 0 aliphatic rings. The van der Waals surface area contributed by atoms with Crippen LogP contribution in [0.2, 0.25) is 0 Å². The van der Waals surface area contributed by atoms with Crippen molar-refractivity contribution >= 4 is 17.6 Å². The molecule has 2 N–H and O–H groups in total. The molecule has 2 amide bonds. The molecule has 0 aromatic carbocycles. The maximum absolute atomic E-state index is 11.6. The fourth-order valence-electron chi connectivity index (χ4n) is 1.79. The van der Waals surface area contributed by atoms with E-state index >= 15 is 0 Å². The summed E-state index contributed by atoms with van der Waals surface area (Å²) in [5.41, 5.74) is 0. The van der Waals surface area contributed by atoms with Crippen molar-refractivity contribution in [2.75, 3.05) is 6.54 Å². The third kappa shape index (κ3) is 10.4. The van der Waals surface area contributed by atoms with Gasteiger partial charge in [0, 0.05) is 24.8 Å². The van der Waals surface area contributed by atoms with E-state index in [0.29, 0.717) is 18.8 Å². The van der Waals surface area contributed by atoms with Gasteiger partial charge in [0.2, 0.25) is 11.8 Å². The molecule has 0 rings (SSSR count).